The number of hydrogen-bond acceptors (Lipinski definition) is 3. The zero-order valence-electron chi connectivity index (χ0n) is 8.53. The highest BCUT2D eigenvalue weighted by Crippen LogP contribution is 2.45. The van der Waals surface area contributed by atoms with Crippen LogP contribution in [0.3, 0.4) is 0 Å². The van der Waals surface area contributed by atoms with Crippen molar-refractivity contribution in [2.75, 3.05) is 20.2 Å². The molecule has 0 aromatic rings. The summed E-state index contributed by atoms with van der Waals surface area (Å²) in [5.41, 5.74) is 0.00417. The van der Waals surface area contributed by atoms with Crippen LogP contribution in [0.1, 0.15) is 25.7 Å². The van der Waals surface area contributed by atoms with Crippen LogP contribution in [0.2, 0.25) is 0 Å². The highest BCUT2D eigenvalue weighted by atomic mass is 16.5. The maximum atomic E-state index is 10.6. The lowest BCUT2D eigenvalue weighted by Gasteiger charge is -2.50. The summed E-state index contributed by atoms with van der Waals surface area (Å²) in [5, 5.41) is 8.70. The molecular formula is C10H17NO3. The van der Waals surface area contributed by atoms with Gasteiger partial charge in [0.1, 0.15) is 0 Å². The third-order valence-electron chi connectivity index (χ3n) is 3.50. The van der Waals surface area contributed by atoms with Crippen LogP contribution in [-0.2, 0) is 9.53 Å². The predicted molar refractivity (Wildman–Crippen MR) is 51.2 cm³/mol. The molecule has 14 heavy (non-hydrogen) atoms. The Morgan fingerprint density at radius 3 is 2.86 bits per heavy atom. The van der Waals surface area contributed by atoms with Crippen molar-refractivity contribution in [3.8, 4) is 0 Å². The molecule has 2 atom stereocenters. The van der Waals surface area contributed by atoms with Gasteiger partial charge in [0.05, 0.1) is 12.1 Å². The Hall–Kier alpha value is -0.610. The summed E-state index contributed by atoms with van der Waals surface area (Å²) < 4.78 is 5.76. The van der Waals surface area contributed by atoms with E-state index in [0.29, 0.717) is 6.04 Å². The molecule has 2 aliphatic rings. The van der Waals surface area contributed by atoms with Gasteiger partial charge < -0.3 is 9.84 Å². The molecule has 0 aromatic carbocycles. The molecule has 1 saturated carbocycles. The van der Waals surface area contributed by atoms with E-state index in [4.69, 9.17) is 9.84 Å². The molecule has 1 heterocycles. The number of rotatable bonds is 3. The Kier molecular flexibility index (Phi) is 2.49. The topological polar surface area (TPSA) is 49.8 Å². The van der Waals surface area contributed by atoms with Crippen molar-refractivity contribution >= 4 is 5.97 Å². The van der Waals surface area contributed by atoms with Gasteiger partial charge in [0, 0.05) is 12.6 Å². The van der Waals surface area contributed by atoms with Crippen molar-refractivity contribution in [3.63, 3.8) is 0 Å². The van der Waals surface area contributed by atoms with Gasteiger partial charge in [-0.15, -0.1) is 0 Å². The van der Waals surface area contributed by atoms with E-state index in [-0.39, 0.29) is 12.1 Å². The van der Waals surface area contributed by atoms with Crippen molar-refractivity contribution in [1.82, 2.24) is 4.90 Å². The average Bonchev–Trinajstić information content (AvgIpc) is 2.49. The number of carboxylic acid groups (broad SMARTS) is 1. The summed E-state index contributed by atoms with van der Waals surface area (Å²) in [6.07, 6.45) is 4.39. The molecule has 80 valence electrons. The lowest BCUT2D eigenvalue weighted by molar-refractivity contribution is -0.147. The average molecular weight is 199 g/mol. The van der Waals surface area contributed by atoms with Crippen molar-refractivity contribution in [2.24, 2.45) is 0 Å². The molecule has 0 radical (unpaired) electrons. The van der Waals surface area contributed by atoms with Crippen LogP contribution in [0, 0.1) is 0 Å². The normalized spacial score (nSPS) is 36.3. The minimum atomic E-state index is -0.757. The molecule has 0 amide bonds. The molecule has 1 N–H and O–H groups in total. The van der Waals surface area contributed by atoms with Crippen LogP contribution in [-0.4, -0.2) is 47.8 Å². The summed E-state index contributed by atoms with van der Waals surface area (Å²) in [4.78, 5) is 12.5. The Morgan fingerprint density at radius 2 is 2.43 bits per heavy atom. The number of hydrogen-bond donors (Lipinski definition) is 1. The molecule has 1 aliphatic heterocycles. The first kappa shape index (κ1) is 9.93. The Labute approximate surface area is 83.8 Å². The van der Waals surface area contributed by atoms with Crippen LogP contribution in [0.25, 0.3) is 0 Å². The lowest BCUT2D eigenvalue weighted by Crippen LogP contribution is -2.59. The number of nitrogens with zero attached hydrogens (tertiary/aromatic N) is 1. The van der Waals surface area contributed by atoms with Crippen molar-refractivity contribution in [1.29, 1.82) is 0 Å². The van der Waals surface area contributed by atoms with Crippen LogP contribution < -0.4 is 0 Å². The monoisotopic (exact) mass is 199 g/mol. The molecule has 0 aromatic heterocycles. The summed E-state index contributed by atoms with van der Waals surface area (Å²) >= 11 is 0. The van der Waals surface area contributed by atoms with Crippen LogP contribution in [0.5, 0.6) is 0 Å². The highest BCUT2D eigenvalue weighted by molar-refractivity contribution is 5.69. The fourth-order valence-corrected chi connectivity index (χ4v) is 2.72. The van der Waals surface area contributed by atoms with Gasteiger partial charge in [0.15, 0.2) is 0 Å². The summed E-state index contributed by atoms with van der Waals surface area (Å²) in [6, 6.07) is 0.320. The smallest absolute Gasteiger partial charge is 0.317 e. The predicted octanol–water partition coefficient (Wildman–Crippen LogP) is 0.714. The minimum Gasteiger partial charge on any atom is -0.480 e. The zero-order valence-corrected chi connectivity index (χ0v) is 8.53. The molecule has 2 rings (SSSR count). The zero-order chi connectivity index (χ0) is 10.2. The van der Waals surface area contributed by atoms with Gasteiger partial charge in [-0.05, 0) is 32.7 Å². The molecule has 2 fully saturated rings. The van der Waals surface area contributed by atoms with Crippen molar-refractivity contribution in [2.45, 2.75) is 37.3 Å². The third-order valence-corrected chi connectivity index (χ3v) is 3.50. The third kappa shape index (κ3) is 1.53. The van der Waals surface area contributed by atoms with Gasteiger partial charge >= 0.3 is 5.97 Å². The number of likely N-dealkylation sites (N-methyl/N-ethyl adjacent to an activating group) is 1. The van der Waals surface area contributed by atoms with E-state index in [1.165, 1.54) is 0 Å². The summed E-state index contributed by atoms with van der Waals surface area (Å²) in [7, 11) is 1.88. The van der Waals surface area contributed by atoms with E-state index in [1.54, 1.807) is 0 Å². The van der Waals surface area contributed by atoms with E-state index in [2.05, 4.69) is 0 Å². The number of aliphatic carboxylic acids is 1. The summed E-state index contributed by atoms with van der Waals surface area (Å²) in [6.45, 7) is 0.965. The molecule has 1 aliphatic carbocycles. The molecule has 4 heteroatoms. The molecule has 1 saturated heterocycles. The second kappa shape index (κ2) is 3.51. The first-order valence-electron chi connectivity index (χ1n) is 5.20. The first-order chi connectivity index (χ1) is 6.64. The molecule has 2 unspecified atom stereocenters. The van der Waals surface area contributed by atoms with Gasteiger partial charge in [-0.1, -0.05) is 0 Å². The maximum Gasteiger partial charge on any atom is 0.317 e. The largest absolute Gasteiger partial charge is 0.480 e. The van der Waals surface area contributed by atoms with Gasteiger partial charge in [-0.3, -0.25) is 9.69 Å². The number of carboxylic acids is 1. The lowest BCUT2D eigenvalue weighted by atomic mass is 9.72. The second-order valence-electron chi connectivity index (χ2n) is 4.38. The minimum absolute atomic E-state index is 0.00417. The van der Waals surface area contributed by atoms with E-state index < -0.39 is 5.97 Å². The van der Waals surface area contributed by atoms with Gasteiger partial charge in [0.25, 0.3) is 0 Å². The van der Waals surface area contributed by atoms with Crippen molar-refractivity contribution in [3.05, 3.63) is 0 Å². The fraction of sp³-hybridized carbons (Fsp3) is 0.900. The number of carbonyl (C=O) groups is 1. The Morgan fingerprint density at radius 1 is 1.64 bits per heavy atom. The van der Waals surface area contributed by atoms with Gasteiger partial charge in [-0.25, -0.2) is 0 Å². The van der Waals surface area contributed by atoms with E-state index in [1.807, 2.05) is 11.9 Å². The Balaban J connectivity index is 1.94. The van der Waals surface area contributed by atoms with E-state index in [9.17, 15) is 4.79 Å². The molecule has 4 nitrogen and oxygen atoms in total. The van der Waals surface area contributed by atoms with Gasteiger partial charge in [-0.2, -0.15) is 0 Å². The first-order valence-corrected chi connectivity index (χ1v) is 5.20. The van der Waals surface area contributed by atoms with Crippen molar-refractivity contribution < 1.29 is 14.6 Å². The van der Waals surface area contributed by atoms with Crippen LogP contribution in [0.4, 0.5) is 0 Å². The van der Waals surface area contributed by atoms with Crippen LogP contribution >= 0.6 is 0 Å². The quantitative estimate of drug-likeness (QED) is 0.727. The standard InChI is InChI=1S/C10H17NO3/c1-11(7-9(12)13)8-3-5-10(8)4-2-6-14-10/h8H,2-7H2,1H3,(H,12,13). The highest BCUT2D eigenvalue weighted by Gasteiger charge is 2.51. The maximum absolute atomic E-state index is 10.6. The van der Waals surface area contributed by atoms with Gasteiger partial charge in [0.2, 0.25) is 0 Å². The van der Waals surface area contributed by atoms with E-state index >= 15 is 0 Å². The molecule has 0 bridgehead atoms. The molecule has 1 spiro atoms. The number of ether oxygens (including phenoxy) is 1. The van der Waals surface area contributed by atoms with Crippen LogP contribution in [0.15, 0.2) is 0 Å². The fourth-order valence-electron chi connectivity index (χ4n) is 2.72. The SMILES string of the molecule is CN(CC(=O)O)C1CCC12CCCO2. The summed E-state index contributed by atoms with van der Waals surface area (Å²) in [5.74, 6) is -0.757. The Bertz CT molecular complexity index is 236. The second-order valence-corrected chi connectivity index (χ2v) is 4.38. The van der Waals surface area contributed by atoms with E-state index in [0.717, 1.165) is 32.3 Å². The molecular weight excluding hydrogens is 182 g/mol.